The SMILES string of the molecule is CC(=O)c1ccc(NCC2CN(C)CCO2)cc1N. The summed E-state index contributed by atoms with van der Waals surface area (Å²) >= 11 is 0. The fraction of sp³-hybridized carbons (Fsp3) is 0.500. The zero-order valence-electron chi connectivity index (χ0n) is 11.5. The minimum atomic E-state index is -0.0127. The lowest BCUT2D eigenvalue weighted by Crippen LogP contribution is -2.43. The molecule has 0 bridgehead atoms. The summed E-state index contributed by atoms with van der Waals surface area (Å²) in [6.07, 6.45) is 0.187. The van der Waals surface area contributed by atoms with Gasteiger partial charge in [0.05, 0.1) is 12.7 Å². The van der Waals surface area contributed by atoms with Crippen molar-refractivity contribution in [1.29, 1.82) is 0 Å². The number of nitrogens with two attached hydrogens (primary N) is 1. The molecule has 104 valence electrons. The molecule has 1 saturated heterocycles. The number of benzene rings is 1. The van der Waals surface area contributed by atoms with Crippen molar-refractivity contribution < 1.29 is 9.53 Å². The molecule has 1 aliphatic rings. The predicted molar refractivity (Wildman–Crippen MR) is 76.6 cm³/mol. The van der Waals surface area contributed by atoms with Crippen LogP contribution in [-0.4, -0.2) is 50.1 Å². The molecule has 0 aliphatic carbocycles. The van der Waals surface area contributed by atoms with Gasteiger partial charge in [-0.2, -0.15) is 0 Å². The number of likely N-dealkylation sites (N-methyl/N-ethyl adjacent to an activating group) is 1. The molecule has 1 aromatic rings. The monoisotopic (exact) mass is 263 g/mol. The third-order valence-corrected chi connectivity index (χ3v) is 3.31. The van der Waals surface area contributed by atoms with Gasteiger partial charge in [0.25, 0.3) is 0 Å². The average Bonchev–Trinajstić information content (AvgIpc) is 2.36. The summed E-state index contributed by atoms with van der Waals surface area (Å²) < 4.78 is 5.67. The second-order valence-electron chi connectivity index (χ2n) is 4.99. The van der Waals surface area contributed by atoms with E-state index in [1.54, 1.807) is 12.1 Å². The van der Waals surface area contributed by atoms with Crippen molar-refractivity contribution in [1.82, 2.24) is 4.90 Å². The highest BCUT2D eigenvalue weighted by molar-refractivity contribution is 5.99. The summed E-state index contributed by atoms with van der Waals surface area (Å²) in [6, 6.07) is 5.43. The lowest BCUT2D eigenvalue weighted by molar-refractivity contribution is -0.0117. The largest absolute Gasteiger partial charge is 0.398 e. The number of morpholine rings is 1. The van der Waals surface area contributed by atoms with Crippen LogP contribution in [0.2, 0.25) is 0 Å². The fourth-order valence-corrected chi connectivity index (χ4v) is 2.22. The number of anilines is 2. The molecule has 0 amide bonds. The second-order valence-corrected chi connectivity index (χ2v) is 4.99. The first-order valence-corrected chi connectivity index (χ1v) is 6.50. The molecule has 1 fully saturated rings. The summed E-state index contributed by atoms with van der Waals surface area (Å²) in [7, 11) is 2.09. The van der Waals surface area contributed by atoms with Crippen LogP contribution in [0.4, 0.5) is 11.4 Å². The zero-order chi connectivity index (χ0) is 13.8. The number of nitrogens with one attached hydrogen (secondary N) is 1. The van der Waals surface area contributed by atoms with Crippen molar-refractivity contribution in [3.8, 4) is 0 Å². The van der Waals surface area contributed by atoms with E-state index >= 15 is 0 Å². The third kappa shape index (κ3) is 3.68. The highest BCUT2D eigenvalue weighted by Gasteiger charge is 2.17. The van der Waals surface area contributed by atoms with E-state index < -0.39 is 0 Å². The van der Waals surface area contributed by atoms with Gasteiger partial charge in [-0.25, -0.2) is 0 Å². The Hall–Kier alpha value is -1.59. The molecule has 2 rings (SSSR count). The number of nitrogen functional groups attached to an aromatic ring is 1. The number of ketones is 1. The van der Waals surface area contributed by atoms with Crippen LogP contribution in [0.15, 0.2) is 18.2 Å². The Morgan fingerprint density at radius 3 is 3.00 bits per heavy atom. The number of nitrogens with zero attached hydrogens (tertiary/aromatic N) is 1. The molecule has 1 aliphatic heterocycles. The van der Waals surface area contributed by atoms with E-state index in [4.69, 9.17) is 10.5 Å². The maximum atomic E-state index is 11.3. The van der Waals surface area contributed by atoms with Gasteiger partial charge < -0.3 is 20.7 Å². The van der Waals surface area contributed by atoms with E-state index in [2.05, 4.69) is 17.3 Å². The van der Waals surface area contributed by atoms with Crippen molar-refractivity contribution in [2.45, 2.75) is 13.0 Å². The van der Waals surface area contributed by atoms with Crippen LogP contribution >= 0.6 is 0 Å². The molecule has 1 aromatic carbocycles. The van der Waals surface area contributed by atoms with Crippen LogP contribution < -0.4 is 11.1 Å². The maximum absolute atomic E-state index is 11.3. The molecular formula is C14H21N3O2. The molecule has 0 aromatic heterocycles. The van der Waals surface area contributed by atoms with Gasteiger partial charge in [0.15, 0.2) is 5.78 Å². The Bertz CT molecular complexity index is 462. The minimum absolute atomic E-state index is 0.0127. The van der Waals surface area contributed by atoms with Crippen molar-refractivity contribution >= 4 is 17.2 Å². The van der Waals surface area contributed by atoms with Gasteiger partial charge in [0, 0.05) is 36.6 Å². The zero-order valence-corrected chi connectivity index (χ0v) is 11.5. The van der Waals surface area contributed by atoms with Crippen LogP contribution in [0.3, 0.4) is 0 Å². The van der Waals surface area contributed by atoms with E-state index in [-0.39, 0.29) is 11.9 Å². The molecule has 19 heavy (non-hydrogen) atoms. The Morgan fingerprint density at radius 1 is 1.58 bits per heavy atom. The number of carbonyl (C=O) groups excluding carboxylic acids is 1. The Morgan fingerprint density at radius 2 is 2.37 bits per heavy atom. The fourth-order valence-electron chi connectivity index (χ4n) is 2.22. The lowest BCUT2D eigenvalue weighted by atomic mass is 10.1. The molecule has 1 unspecified atom stereocenters. The smallest absolute Gasteiger partial charge is 0.161 e. The quantitative estimate of drug-likeness (QED) is 0.631. The van der Waals surface area contributed by atoms with Gasteiger partial charge in [-0.3, -0.25) is 4.79 Å². The van der Waals surface area contributed by atoms with Crippen molar-refractivity contribution in [2.24, 2.45) is 0 Å². The first-order valence-electron chi connectivity index (χ1n) is 6.50. The summed E-state index contributed by atoms with van der Waals surface area (Å²) in [5.41, 5.74) is 7.85. The predicted octanol–water partition coefficient (Wildman–Crippen LogP) is 1.21. The van der Waals surface area contributed by atoms with Crippen LogP contribution in [0.5, 0.6) is 0 Å². The standard InChI is InChI=1S/C14H21N3O2/c1-10(18)13-4-3-11(7-14(13)15)16-8-12-9-17(2)5-6-19-12/h3-4,7,12,16H,5-6,8-9,15H2,1-2H3. The number of rotatable bonds is 4. The Kier molecular flexibility index (Phi) is 4.39. The summed E-state index contributed by atoms with van der Waals surface area (Å²) in [5.74, 6) is -0.0127. The average molecular weight is 263 g/mol. The van der Waals surface area contributed by atoms with Gasteiger partial charge in [-0.05, 0) is 32.2 Å². The van der Waals surface area contributed by atoms with Crippen molar-refractivity contribution in [3.63, 3.8) is 0 Å². The van der Waals surface area contributed by atoms with Gasteiger partial charge >= 0.3 is 0 Å². The van der Waals surface area contributed by atoms with Gasteiger partial charge in [0.1, 0.15) is 0 Å². The van der Waals surface area contributed by atoms with Crippen LogP contribution in [0.25, 0.3) is 0 Å². The molecule has 1 atom stereocenters. The maximum Gasteiger partial charge on any atom is 0.161 e. The van der Waals surface area contributed by atoms with Crippen LogP contribution in [0.1, 0.15) is 17.3 Å². The van der Waals surface area contributed by atoms with E-state index in [9.17, 15) is 4.79 Å². The highest BCUT2D eigenvalue weighted by atomic mass is 16.5. The van der Waals surface area contributed by atoms with Crippen molar-refractivity contribution in [2.75, 3.05) is 44.3 Å². The summed E-state index contributed by atoms with van der Waals surface area (Å²) in [5, 5.41) is 3.30. The molecule has 3 N–H and O–H groups in total. The number of hydrogen-bond acceptors (Lipinski definition) is 5. The molecule has 0 spiro atoms. The van der Waals surface area contributed by atoms with Crippen LogP contribution in [0, 0.1) is 0 Å². The van der Waals surface area contributed by atoms with Gasteiger partial charge in [-0.15, -0.1) is 0 Å². The molecule has 5 heteroatoms. The van der Waals surface area contributed by atoms with Gasteiger partial charge in [-0.1, -0.05) is 0 Å². The number of ether oxygens (including phenoxy) is 1. The first-order chi connectivity index (χ1) is 9.06. The normalized spacial score (nSPS) is 20.2. The lowest BCUT2D eigenvalue weighted by Gasteiger charge is -2.30. The van der Waals surface area contributed by atoms with E-state index in [0.717, 1.165) is 31.9 Å². The molecular weight excluding hydrogens is 242 g/mol. The van der Waals surface area contributed by atoms with E-state index in [0.29, 0.717) is 11.3 Å². The van der Waals surface area contributed by atoms with E-state index in [1.807, 2.05) is 6.07 Å². The Balaban J connectivity index is 1.92. The second kappa shape index (κ2) is 6.04. The topological polar surface area (TPSA) is 67.6 Å². The van der Waals surface area contributed by atoms with E-state index in [1.165, 1.54) is 6.92 Å². The Labute approximate surface area is 113 Å². The summed E-state index contributed by atoms with van der Waals surface area (Å²) in [6.45, 7) is 4.94. The van der Waals surface area contributed by atoms with Crippen LogP contribution in [-0.2, 0) is 4.74 Å². The molecule has 5 nitrogen and oxygen atoms in total. The molecule has 0 radical (unpaired) electrons. The summed E-state index contributed by atoms with van der Waals surface area (Å²) in [4.78, 5) is 13.5. The minimum Gasteiger partial charge on any atom is -0.398 e. The number of Topliss-reactive ketones (excluding diaryl/α,β-unsaturated/α-hetero) is 1. The third-order valence-electron chi connectivity index (χ3n) is 3.31. The molecule has 1 heterocycles. The highest BCUT2D eigenvalue weighted by Crippen LogP contribution is 2.18. The van der Waals surface area contributed by atoms with Crippen molar-refractivity contribution in [3.05, 3.63) is 23.8 Å². The van der Waals surface area contributed by atoms with Gasteiger partial charge in [0.2, 0.25) is 0 Å². The molecule has 0 saturated carbocycles. The first kappa shape index (κ1) is 13.8. The number of hydrogen-bond donors (Lipinski definition) is 2. The number of carbonyl (C=O) groups is 1.